The second kappa shape index (κ2) is 10.2. The molecule has 166 valence electrons. The van der Waals surface area contributed by atoms with Crippen LogP contribution in [0.15, 0.2) is 48.5 Å². The lowest BCUT2D eigenvalue weighted by atomic mass is 10.1. The van der Waals surface area contributed by atoms with Gasteiger partial charge in [0.05, 0.1) is 11.8 Å². The van der Waals surface area contributed by atoms with Gasteiger partial charge in [-0.15, -0.1) is 0 Å². The van der Waals surface area contributed by atoms with Crippen LogP contribution in [-0.2, 0) is 6.54 Å². The first-order valence-corrected chi connectivity index (χ1v) is 11.7. The fourth-order valence-corrected chi connectivity index (χ4v) is 4.51. The summed E-state index contributed by atoms with van der Waals surface area (Å²) >= 11 is 0. The van der Waals surface area contributed by atoms with Crippen molar-refractivity contribution in [1.29, 1.82) is 0 Å². The van der Waals surface area contributed by atoms with Crippen LogP contribution in [-0.4, -0.2) is 61.1 Å². The Kier molecular flexibility index (Phi) is 7.13. The summed E-state index contributed by atoms with van der Waals surface area (Å²) in [6, 6.07) is 16.6. The van der Waals surface area contributed by atoms with Crippen LogP contribution in [0.5, 0.6) is 5.75 Å². The van der Waals surface area contributed by atoms with Gasteiger partial charge in [0.1, 0.15) is 5.75 Å². The Hall–Kier alpha value is -2.53. The van der Waals surface area contributed by atoms with Crippen LogP contribution < -0.4 is 9.64 Å². The number of hydrogen-bond donors (Lipinski definition) is 0. The number of carbonyl (C=O) groups is 1. The highest BCUT2D eigenvalue weighted by molar-refractivity contribution is 5.94. The summed E-state index contributed by atoms with van der Waals surface area (Å²) in [4.78, 5) is 19.6. The Morgan fingerprint density at radius 3 is 2.23 bits per heavy atom. The van der Waals surface area contributed by atoms with Crippen molar-refractivity contribution < 1.29 is 9.53 Å². The number of nitrogens with zero attached hydrogens (tertiary/aromatic N) is 3. The number of likely N-dealkylation sites (tertiary alicyclic amines) is 1. The summed E-state index contributed by atoms with van der Waals surface area (Å²) in [6.07, 6.45) is 3.67. The summed E-state index contributed by atoms with van der Waals surface area (Å²) in [6.45, 7) is 10.9. The smallest absolute Gasteiger partial charge is 0.253 e. The molecule has 5 heteroatoms. The largest absolute Gasteiger partial charge is 0.489 e. The molecule has 31 heavy (non-hydrogen) atoms. The highest BCUT2D eigenvalue weighted by Crippen LogP contribution is 2.29. The van der Waals surface area contributed by atoms with E-state index in [-0.39, 0.29) is 12.0 Å². The molecule has 0 saturated carbocycles. The average Bonchev–Trinajstić information content (AvgIpc) is 2.80. The van der Waals surface area contributed by atoms with Crippen molar-refractivity contribution in [2.24, 2.45) is 0 Å². The molecule has 0 atom stereocenters. The minimum atomic E-state index is 0.173. The van der Waals surface area contributed by atoms with Gasteiger partial charge in [0.15, 0.2) is 0 Å². The van der Waals surface area contributed by atoms with E-state index < -0.39 is 0 Å². The lowest BCUT2D eigenvalue weighted by Crippen LogP contribution is -2.46. The van der Waals surface area contributed by atoms with Crippen molar-refractivity contribution in [3.63, 3.8) is 0 Å². The van der Waals surface area contributed by atoms with Gasteiger partial charge in [-0.3, -0.25) is 9.69 Å². The molecule has 2 heterocycles. The van der Waals surface area contributed by atoms with Crippen molar-refractivity contribution in [3.05, 3.63) is 59.7 Å². The number of piperidine rings is 1. The maximum atomic E-state index is 12.7. The number of anilines is 1. The topological polar surface area (TPSA) is 36.0 Å². The predicted molar refractivity (Wildman–Crippen MR) is 126 cm³/mol. The van der Waals surface area contributed by atoms with Gasteiger partial charge in [0.2, 0.25) is 0 Å². The monoisotopic (exact) mass is 421 g/mol. The van der Waals surface area contributed by atoms with Crippen molar-refractivity contribution in [2.75, 3.05) is 44.2 Å². The molecule has 4 rings (SSSR count). The molecule has 2 aliphatic heterocycles. The molecule has 0 aromatic heterocycles. The number of benzene rings is 2. The zero-order valence-corrected chi connectivity index (χ0v) is 18.9. The molecule has 0 radical (unpaired) electrons. The van der Waals surface area contributed by atoms with E-state index in [1.165, 1.54) is 17.7 Å². The standard InChI is InChI=1S/C26H35N3O2/c1-21(2)31-25-9-5-4-8-24(25)28-18-16-27(17-19-28)20-22-10-12-23(13-11-22)26(30)29-14-6-3-7-15-29/h4-5,8-13,21H,3,6-7,14-20H2,1-2H3. The molecule has 0 N–H and O–H groups in total. The van der Waals surface area contributed by atoms with Gasteiger partial charge in [-0.2, -0.15) is 0 Å². The minimum absolute atomic E-state index is 0.173. The molecule has 1 amide bonds. The van der Waals surface area contributed by atoms with Crippen LogP contribution >= 0.6 is 0 Å². The van der Waals surface area contributed by atoms with Crippen molar-refractivity contribution >= 4 is 11.6 Å². The van der Waals surface area contributed by atoms with Gasteiger partial charge in [0.25, 0.3) is 5.91 Å². The molecule has 2 aromatic rings. The lowest BCUT2D eigenvalue weighted by molar-refractivity contribution is 0.0724. The number of ether oxygens (including phenoxy) is 1. The third-order valence-corrected chi connectivity index (χ3v) is 6.19. The fraction of sp³-hybridized carbons (Fsp3) is 0.500. The van der Waals surface area contributed by atoms with E-state index in [4.69, 9.17) is 4.74 Å². The van der Waals surface area contributed by atoms with Gasteiger partial charge in [-0.05, 0) is 62.9 Å². The molecule has 0 spiro atoms. The fourth-order valence-electron chi connectivity index (χ4n) is 4.51. The van der Waals surface area contributed by atoms with E-state index in [1.54, 1.807) is 0 Å². The van der Waals surface area contributed by atoms with Crippen molar-refractivity contribution in [1.82, 2.24) is 9.80 Å². The van der Waals surface area contributed by atoms with E-state index in [2.05, 4.69) is 54.0 Å². The average molecular weight is 422 g/mol. The van der Waals surface area contributed by atoms with Crippen molar-refractivity contribution in [3.8, 4) is 5.75 Å². The van der Waals surface area contributed by atoms with Crippen LogP contribution in [0.25, 0.3) is 0 Å². The molecule has 2 aromatic carbocycles. The van der Waals surface area contributed by atoms with Crippen LogP contribution in [0.1, 0.15) is 49.0 Å². The first kappa shape index (κ1) is 21.7. The van der Waals surface area contributed by atoms with Crippen LogP contribution in [0.3, 0.4) is 0 Å². The Morgan fingerprint density at radius 2 is 1.55 bits per heavy atom. The van der Waals surface area contributed by atoms with E-state index in [1.807, 2.05) is 23.1 Å². The Morgan fingerprint density at radius 1 is 0.871 bits per heavy atom. The highest BCUT2D eigenvalue weighted by atomic mass is 16.5. The van der Waals surface area contributed by atoms with E-state index in [0.29, 0.717) is 0 Å². The second-order valence-electron chi connectivity index (χ2n) is 8.95. The maximum absolute atomic E-state index is 12.7. The molecule has 0 bridgehead atoms. The number of para-hydroxylation sites is 2. The lowest BCUT2D eigenvalue weighted by Gasteiger charge is -2.37. The van der Waals surface area contributed by atoms with E-state index >= 15 is 0 Å². The quantitative estimate of drug-likeness (QED) is 0.692. The summed E-state index contributed by atoms with van der Waals surface area (Å²) in [5.41, 5.74) is 3.28. The molecular formula is C26H35N3O2. The number of piperazine rings is 1. The maximum Gasteiger partial charge on any atom is 0.253 e. The van der Waals surface area contributed by atoms with Crippen LogP contribution in [0.4, 0.5) is 5.69 Å². The summed E-state index contributed by atoms with van der Waals surface area (Å²) < 4.78 is 6.01. The molecule has 5 nitrogen and oxygen atoms in total. The third kappa shape index (κ3) is 5.59. The van der Waals surface area contributed by atoms with Gasteiger partial charge >= 0.3 is 0 Å². The number of hydrogen-bond acceptors (Lipinski definition) is 4. The van der Waals surface area contributed by atoms with Crippen LogP contribution in [0.2, 0.25) is 0 Å². The zero-order chi connectivity index (χ0) is 21.6. The Bertz CT molecular complexity index is 851. The first-order valence-electron chi connectivity index (χ1n) is 11.7. The van der Waals surface area contributed by atoms with E-state index in [0.717, 1.165) is 70.0 Å². The van der Waals surface area contributed by atoms with Gasteiger partial charge in [-0.1, -0.05) is 24.3 Å². The van der Waals surface area contributed by atoms with Gasteiger partial charge in [-0.25, -0.2) is 0 Å². The molecule has 0 unspecified atom stereocenters. The highest BCUT2D eigenvalue weighted by Gasteiger charge is 2.21. The number of rotatable bonds is 6. The Labute approximate surface area is 186 Å². The number of carbonyl (C=O) groups excluding carboxylic acids is 1. The summed E-state index contributed by atoms with van der Waals surface area (Å²) in [5, 5.41) is 0. The summed E-state index contributed by atoms with van der Waals surface area (Å²) in [5.74, 6) is 1.15. The van der Waals surface area contributed by atoms with E-state index in [9.17, 15) is 4.79 Å². The number of amides is 1. The zero-order valence-electron chi connectivity index (χ0n) is 18.9. The molecule has 0 aliphatic carbocycles. The summed E-state index contributed by atoms with van der Waals surface area (Å²) in [7, 11) is 0. The second-order valence-corrected chi connectivity index (χ2v) is 8.95. The van der Waals surface area contributed by atoms with Gasteiger partial charge in [0, 0.05) is 51.4 Å². The molecule has 2 saturated heterocycles. The molecule has 2 fully saturated rings. The van der Waals surface area contributed by atoms with Gasteiger partial charge < -0.3 is 14.5 Å². The normalized spacial score (nSPS) is 17.8. The SMILES string of the molecule is CC(C)Oc1ccccc1N1CCN(Cc2ccc(C(=O)N3CCCCC3)cc2)CC1. The predicted octanol–water partition coefficient (Wildman–Crippen LogP) is 4.42. The van der Waals surface area contributed by atoms with Crippen molar-refractivity contribution in [2.45, 2.75) is 45.8 Å². The molecular weight excluding hydrogens is 386 g/mol. The first-order chi connectivity index (χ1) is 15.1. The molecule has 2 aliphatic rings. The minimum Gasteiger partial charge on any atom is -0.489 e. The third-order valence-electron chi connectivity index (χ3n) is 6.19. The Balaban J connectivity index is 1.31. The van der Waals surface area contributed by atoms with Crippen LogP contribution in [0, 0.1) is 0 Å².